The summed E-state index contributed by atoms with van der Waals surface area (Å²) in [5.74, 6) is 0.309. The maximum Gasteiger partial charge on any atom is 0.338 e. The predicted molar refractivity (Wildman–Crippen MR) is 111 cm³/mol. The summed E-state index contributed by atoms with van der Waals surface area (Å²) in [6.45, 7) is 1.83. The first-order chi connectivity index (χ1) is 15.0. The molecule has 10 nitrogen and oxygen atoms in total. The lowest BCUT2D eigenvalue weighted by molar-refractivity contribution is 0.0461. The Labute approximate surface area is 175 Å². The van der Waals surface area contributed by atoms with Crippen LogP contribution in [0.3, 0.4) is 0 Å². The van der Waals surface area contributed by atoms with Gasteiger partial charge in [0.2, 0.25) is 5.78 Å². The first-order valence-corrected chi connectivity index (χ1v) is 9.48. The van der Waals surface area contributed by atoms with E-state index in [1.54, 1.807) is 46.7 Å². The maximum atomic E-state index is 12.7. The van der Waals surface area contributed by atoms with Crippen LogP contribution in [0.15, 0.2) is 59.9 Å². The lowest BCUT2D eigenvalue weighted by atomic mass is 10.1. The lowest BCUT2D eigenvalue weighted by Crippen LogP contribution is -2.20. The summed E-state index contributed by atoms with van der Waals surface area (Å²) >= 11 is 0. The summed E-state index contributed by atoms with van der Waals surface area (Å²) in [6.07, 6.45) is 3.01. The van der Waals surface area contributed by atoms with Crippen LogP contribution in [0, 0.1) is 6.92 Å². The summed E-state index contributed by atoms with van der Waals surface area (Å²) in [5.41, 5.74) is 2.65. The number of esters is 1. The van der Waals surface area contributed by atoms with Crippen molar-refractivity contribution in [2.75, 3.05) is 0 Å². The van der Waals surface area contributed by atoms with Gasteiger partial charge in [0.05, 0.1) is 22.2 Å². The number of hydrogen-bond donors (Lipinski definition) is 0. The molecule has 0 saturated carbocycles. The second-order valence-corrected chi connectivity index (χ2v) is 7.10. The van der Waals surface area contributed by atoms with Gasteiger partial charge in [0.15, 0.2) is 12.4 Å². The smallest absolute Gasteiger partial charge is 0.338 e. The number of carbonyl (C=O) groups is 1. The van der Waals surface area contributed by atoms with Gasteiger partial charge in [-0.25, -0.2) is 14.5 Å². The van der Waals surface area contributed by atoms with Crippen molar-refractivity contribution in [1.82, 2.24) is 33.9 Å². The Hall–Kier alpha value is -4.34. The highest BCUT2D eigenvalue weighted by Crippen LogP contribution is 2.17. The molecule has 0 unspecified atom stereocenters. The zero-order valence-electron chi connectivity index (χ0n) is 16.8. The molecule has 0 radical (unpaired) electrons. The molecule has 0 aliphatic carbocycles. The zero-order chi connectivity index (χ0) is 21.5. The summed E-state index contributed by atoms with van der Waals surface area (Å²) < 4.78 is 10.2. The molecule has 0 aliphatic rings. The summed E-state index contributed by atoms with van der Waals surface area (Å²) in [7, 11) is 1.64. The molecule has 10 heteroatoms. The average Bonchev–Trinajstić information content (AvgIpc) is 3.46. The Morgan fingerprint density at radius 2 is 1.90 bits per heavy atom. The first kappa shape index (κ1) is 18.7. The van der Waals surface area contributed by atoms with Crippen LogP contribution in [0.5, 0.6) is 0 Å². The molecule has 0 aliphatic heterocycles. The van der Waals surface area contributed by atoms with Crippen molar-refractivity contribution in [1.29, 1.82) is 0 Å². The van der Waals surface area contributed by atoms with Crippen LogP contribution in [0.2, 0.25) is 0 Å². The molecule has 154 valence electrons. The largest absolute Gasteiger partial charge is 0.454 e. The van der Waals surface area contributed by atoms with Crippen LogP contribution < -0.4 is 5.56 Å². The van der Waals surface area contributed by atoms with E-state index in [1.807, 2.05) is 25.1 Å². The monoisotopic (exact) mass is 415 g/mol. The number of carbonyl (C=O) groups excluding carboxylic acids is 1. The number of hydrogen-bond acceptors (Lipinski definition) is 7. The third kappa shape index (κ3) is 3.14. The molecular formula is C21H17N7O3. The Morgan fingerprint density at radius 3 is 2.65 bits per heavy atom. The topological polar surface area (TPSA) is 109 Å². The van der Waals surface area contributed by atoms with Gasteiger partial charge in [-0.15, -0.1) is 10.2 Å². The number of rotatable bonds is 4. The molecule has 0 N–H and O–H groups in total. The van der Waals surface area contributed by atoms with Crippen molar-refractivity contribution in [3.8, 4) is 5.69 Å². The van der Waals surface area contributed by atoms with Gasteiger partial charge in [-0.05, 0) is 43.3 Å². The van der Waals surface area contributed by atoms with Gasteiger partial charge in [0.25, 0.3) is 5.56 Å². The molecule has 0 amide bonds. The van der Waals surface area contributed by atoms with E-state index in [4.69, 9.17) is 4.74 Å². The van der Waals surface area contributed by atoms with Crippen molar-refractivity contribution >= 4 is 22.6 Å². The Bertz CT molecular complexity index is 1480. The molecule has 0 saturated heterocycles. The average molecular weight is 415 g/mol. The standard InChI is InChI=1S/C21H17N7O3/c1-13-3-8-17-16(9-13)19(29)26(2)21-25-24-18(28(17)21)10-31-20(30)14-4-6-15(7-5-14)27-12-22-11-23-27/h3-9,11-12H,10H2,1-2H3. The first-order valence-electron chi connectivity index (χ1n) is 9.48. The predicted octanol–water partition coefficient (Wildman–Crippen LogP) is 1.83. The van der Waals surface area contributed by atoms with Crippen LogP contribution in [0.25, 0.3) is 22.4 Å². The van der Waals surface area contributed by atoms with Gasteiger partial charge in [-0.3, -0.25) is 13.8 Å². The normalized spacial score (nSPS) is 11.3. The molecule has 3 aromatic heterocycles. The fourth-order valence-electron chi connectivity index (χ4n) is 3.46. The fraction of sp³-hybridized carbons (Fsp3) is 0.143. The molecule has 31 heavy (non-hydrogen) atoms. The molecule has 0 atom stereocenters. The molecule has 3 heterocycles. The molecule has 0 fully saturated rings. The second kappa shape index (κ2) is 7.17. The minimum atomic E-state index is -0.494. The van der Waals surface area contributed by atoms with Crippen LogP contribution in [-0.2, 0) is 18.4 Å². The Kier molecular flexibility index (Phi) is 4.32. The molecule has 5 aromatic rings. The minimum Gasteiger partial charge on any atom is -0.454 e. The van der Waals surface area contributed by atoms with E-state index in [0.717, 1.165) is 11.3 Å². The van der Waals surface area contributed by atoms with E-state index in [0.29, 0.717) is 28.1 Å². The number of aryl methyl sites for hydroxylation is 2. The molecule has 5 rings (SSSR count). The van der Waals surface area contributed by atoms with Crippen molar-refractivity contribution in [3.63, 3.8) is 0 Å². The number of fused-ring (bicyclic) bond motifs is 3. The highest BCUT2D eigenvalue weighted by atomic mass is 16.5. The van der Waals surface area contributed by atoms with E-state index >= 15 is 0 Å². The van der Waals surface area contributed by atoms with Gasteiger partial charge < -0.3 is 4.74 Å². The van der Waals surface area contributed by atoms with E-state index in [1.165, 1.54) is 10.9 Å². The number of ether oxygens (including phenoxy) is 1. The summed E-state index contributed by atoms with van der Waals surface area (Å²) in [5, 5.41) is 12.9. The number of aromatic nitrogens is 7. The van der Waals surface area contributed by atoms with Gasteiger partial charge in [-0.2, -0.15) is 5.10 Å². The van der Waals surface area contributed by atoms with Gasteiger partial charge in [-0.1, -0.05) is 11.6 Å². The molecular weight excluding hydrogens is 398 g/mol. The Morgan fingerprint density at radius 1 is 1.10 bits per heavy atom. The molecule has 2 aromatic carbocycles. The highest BCUT2D eigenvalue weighted by Gasteiger charge is 2.17. The minimum absolute atomic E-state index is 0.0913. The molecule has 0 bridgehead atoms. The van der Waals surface area contributed by atoms with Crippen molar-refractivity contribution in [2.24, 2.45) is 7.05 Å². The number of benzene rings is 2. The lowest BCUT2D eigenvalue weighted by Gasteiger charge is -2.09. The third-order valence-corrected chi connectivity index (χ3v) is 5.06. The van der Waals surface area contributed by atoms with E-state index < -0.39 is 5.97 Å². The number of nitrogens with zero attached hydrogens (tertiary/aromatic N) is 7. The quantitative estimate of drug-likeness (QED) is 0.412. The van der Waals surface area contributed by atoms with Crippen molar-refractivity contribution in [3.05, 3.63) is 82.4 Å². The van der Waals surface area contributed by atoms with Crippen LogP contribution in [0.4, 0.5) is 0 Å². The van der Waals surface area contributed by atoms with Crippen LogP contribution in [0.1, 0.15) is 21.7 Å². The SMILES string of the molecule is Cc1ccc2c(c1)c(=O)n(C)c1nnc(COC(=O)c3ccc(-n4cncn4)cc3)n21. The fourth-order valence-corrected chi connectivity index (χ4v) is 3.46. The second-order valence-electron chi connectivity index (χ2n) is 7.10. The van der Waals surface area contributed by atoms with Gasteiger partial charge in [0, 0.05) is 7.05 Å². The van der Waals surface area contributed by atoms with E-state index in [9.17, 15) is 9.59 Å². The highest BCUT2D eigenvalue weighted by molar-refractivity contribution is 5.89. The van der Waals surface area contributed by atoms with Crippen molar-refractivity contribution < 1.29 is 9.53 Å². The molecule has 0 spiro atoms. The van der Waals surface area contributed by atoms with Gasteiger partial charge in [0.1, 0.15) is 12.7 Å². The Balaban J connectivity index is 1.44. The maximum absolute atomic E-state index is 12.7. The zero-order valence-corrected chi connectivity index (χ0v) is 16.8. The van der Waals surface area contributed by atoms with E-state index in [2.05, 4.69) is 20.3 Å². The summed E-state index contributed by atoms with van der Waals surface area (Å²) in [6, 6.07) is 12.4. The third-order valence-electron chi connectivity index (χ3n) is 5.06. The van der Waals surface area contributed by atoms with Crippen LogP contribution >= 0.6 is 0 Å². The van der Waals surface area contributed by atoms with E-state index in [-0.39, 0.29) is 12.2 Å². The van der Waals surface area contributed by atoms with Crippen LogP contribution in [-0.4, -0.2) is 39.9 Å². The van der Waals surface area contributed by atoms with Crippen molar-refractivity contribution in [2.45, 2.75) is 13.5 Å². The van der Waals surface area contributed by atoms with Gasteiger partial charge >= 0.3 is 5.97 Å². The summed E-state index contributed by atoms with van der Waals surface area (Å²) in [4.78, 5) is 29.1.